The number of aromatic nitrogens is 1. The number of aryl methyl sites for hydroxylation is 1. The van der Waals surface area contributed by atoms with Crippen LogP contribution in [-0.4, -0.2) is 55.1 Å². The lowest BCUT2D eigenvalue weighted by Crippen LogP contribution is -2.35. The number of amides is 2. The van der Waals surface area contributed by atoms with Crippen molar-refractivity contribution in [1.29, 1.82) is 0 Å². The van der Waals surface area contributed by atoms with E-state index in [1.807, 2.05) is 0 Å². The van der Waals surface area contributed by atoms with Crippen molar-refractivity contribution in [2.24, 2.45) is 7.05 Å². The topological polar surface area (TPSA) is 119 Å². The molecule has 2 aromatic rings. The molecule has 1 aliphatic heterocycles. The third kappa shape index (κ3) is 6.09. The molecule has 1 aromatic carbocycles. The Labute approximate surface area is 200 Å². The summed E-state index contributed by atoms with van der Waals surface area (Å²) in [6.45, 7) is 6.22. The predicted molar refractivity (Wildman–Crippen MR) is 129 cm³/mol. The van der Waals surface area contributed by atoms with Crippen molar-refractivity contribution in [2.45, 2.75) is 50.5 Å². The number of nitrogens with one attached hydrogen (secondary N) is 2. The van der Waals surface area contributed by atoms with Crippen molar-refractivity contribution in [3.63, 3.8) is 0 Å². The summed E-state index contributed by atoms with van der Waals surface area (Å²) in [6.07, 6.45) is 3.46. The number of anilines is 2. The zero-order valence-corrected chi connectivity index (χ0v) is 21.0. The molecule has 10 nitrogen and oxygen atoms in total. The largest absolute Gasteiger partial charge is 0.495 e. The maximum absolute atomic E-state index is 13.0. The number of rotatable bonds is 6. The quantitative estimate of drug-likeness (QED) is 0.633. The minimum absolute atomic E-state index is 0.0871. The number of carbonyl (C=O) groups excluding carboxylic acids is 2. The molecule has 1 aromatic heterocycles. The SMILES string of the molecule is COc1ccc(NC(=O)c2cc(S(=O)(=O)N3CCCCC3)cn2C)cc1NC(=O)OC(C)(C)C. The molecule has 2 heterocycles. The number of ether oxygens (including phenoxy) is 2. The highest BCUT2D eigenvalue weighted by Gasteiger charge is 2.28. The number of piperidine rings is 1. The molecule has 0 aliphatic carbocycles. The predicted octanol–water partition coefficient (Wildman–Crippen LogP) is 3.81. The molecule has 0 bridgehead atoms. The summed E-state index contributed by atoms with van der Waals surface area (Å²) in [4.78, 5) is 25.2. The Morgan fingerprint density at radius 1 is 1.03 bits per heavy atom. The van der Waals surface area contributed by atoms with E-state index < -0.39 is 27.6 Å². The number of methoxy groups -OCH3 is 1. The fourth-order valence-corrected chi connectivity index (χ4v) is 5.24. The molecule has 0 saturated carbocycles. The van der Waals surface area contributed by atoms with E-state index in [4.69, 9.17) is 9.47 Å². The fourth-order valence-electron chi connectivity index (χ4n) is 3.65. The van der Waals surface area contributed by atoms with Crippen LogP contribution >= 0.6 is 0 Å². The van der Waals surface area contributed by atoms with Crippen LogP contribution in [0.5, 0.6) is 5.75 Å². The van der Waals surface area contributed by atoms with E-state index >= 15 is 0 Å². The fraction of sp³-hybridized carbons (Fsp3) is 0.478. The Morgan fingerprint density at radius 3 is 2.32 bits per heavy atom. The molecule has 0 atom stereocenters. The van der Waals surface area contributed by atoms with Crippen molar-refractivity contribution >= 4 is 33.4 Å². The Kier molecular flexibility index (Phi) is 7.57. The van der Waals surface area contributed by atoms with Gasteiger partial charge in [0, 0.05) is 32.0 Å². The molecule has 2 N–H and O–H groups in total. The smallest absolute Gasteiger partial charge is 0.412 e. The van der Waals surface area contributed by atoms with Gasteiger partial charge in [-0.05, 0) is 57.9 Å². The average Bonchev–Trinajstić information content (AvgIpc) is 3.16. The van der Waals surface area contributed by atoms with Crippen molar-refractivity contribution in [1.82, 2.24) is 8.87 Å². The highest BCUT2D eigenvalue weighted by Crippen LogP contribution is 2.29. The molecule has 0 unspecified atom stereocenters. The van der Waals surface area contributed by atoms with Crippen LogP contribution in [0.15, 0.2) is 35.4 Å². The number of hydrogen-bond acceptors (Lipinski definition) is 6. The van der Waals surface area contributed by atoms with Crippen LogP contribution in [-0.2, 0) is 21.8 Å². The Hall–Kier alpha value is -3.05. The Balaban J connectivity index is 1.78. The average molecular weight is 493 g/mol. The molecule has 11 heteroatoms. The number of sulfonamides is 1. The van der Waals surface area contributed by atoms with Crippen molar-refractivity contribution in [3.05, 3.63) is 36.2 Å². The van der Waals surface area contributed by atoms with E-state index in [0.29, 0.717) is 30.2 Å². The van der Waals surface area contributed by atoms with Crippen LogP contribution in [0, 0.1) is 0 Å². The summed E-state index contributed by atoms with van der Waals surface area (Å²) >= 11 is 0. The highest BCUT2D eigenvalue weighted by atomic mass is 32.2. The van der Waals surface area contributed by atoms with Gasteiger partial charge in [0.25, 0.3) is 5.91 Å². The molecule has 0 radical (unpaired) electrons. The van der Waals surface area contributed by atoms with Crippen LogP contribution < -0.4 is 15.4 Å². The van der Waals surface area contributed by atoms with Crippen molar-refractivity contribution in [2.75, 3.05) is 30.8 Å². The third-order valence-electron chi connectivity index (χ3n) is 5.26. The molecule has 34 heavy (non-hydrogen) atoms. The van der Waals surface area contributed by atoms with Gasteiger partial charge >= 0.3 is 6.09 Å². The normalized spacial score (nSPS) is 15.0. The van der Waals surface area contributed by atoms with Gasteiger partial charge in [-0.2, -0.15) is 4.31 Å². The summed E-state index contributed by atoms with van der Waals surface area (Å²) in [5.74, 6) is -0.103. The van der Waals surface area contributed by atoms with Crippen LogP contribution in [0.4, 0.5) is 16.2 Å². The Bertz CT molecular complexity index is 1160. The van der Waals surface area contributed by atoms with Gasteiger partial charge in [0.2, 0.25) is 10.0 Å². The molecule has 1 saturated heterocycles. The lowest BCUT2D eigenvalue weighted by Gasteiger charge is -2.25. The maximum Gasteiger partial charge on any atom is 0.412 e. The molecular formula is C23H32N4O6S. The van der Waals surface area contributed by atoms with E-state index in [1.165, 1.54) is 34.3 Å². The highest BCUT2D eigenvalue weighted by molar-refractivity contribution is 7.89. The van der Waals surface area contributed by atoms with E-state index in [9.17, 15) is 18.0 Å². The number of carbonyl (C=O) groups is 2. The summed E-state index contributed by atoms with van der Waals surface area (Å²) in [5.41, 5.74) is 0.211. The second-order valence-electron chi connectivity index (χ2n) is 9.13. The summed E-state index contributed by atoms with van der Waals surface area (Å²) in [5, 5.41) is 5.36. The molecule has 186 valence electrons. The minimum Gasteiger partial charge on any atom is -0.495 e. The summed E-state index contributed by atoms with van der Waals surface area (Å²) in [6, 6.07) is 6.13. The van der Waals surface area contributed by atoms with Crippen molar-refractivity contribution < 1.29 is 27.5 Å². The molecule has 0 spiro atoms. The monoisotopic (exact) mass is 492 g/mol. The molecular weight excluding hydrogens is 460 g/mol. The van der Waals surface area contributed by atoms with Crippen LogP contribution in [0.2, 0.25) is 0 Å². The van der Waals surface area contributed by atoms with Crippen LogP contribution in [0.3, 0.4) is 0 Å². The van der Waals surface area contributed by atoms with Gasteiger partial charge in [0.1, 0.15) is 21.9 Å². The molecule has 1 fully saturated rings. The van der Waals surface area contributed by atoms with Gasteiger partial charge in [-0.15, -0.1) is 0 Å². The lowest BCUT2D eigenvalue weighted by molar-refractivity contribution is 0.0635. The minimum atomic E-state index is -3.66. The number of benzene rings is 1. The molecule has 2 amide bonds. The zero-order chi connectivity index (χ0) is 25.1. The summed E-state index contributed by atoms with van der Waals surface area (Å²) < 4.78 is 39.4. The second kappa shape index (κ2) is 10.1. The van der Waals surface area contributed by atoms with Crippen LogP contribution in [0.1, 0.15) is 50.5 Å². The summed E-state index contributed by atoms with van der Waals surface area (Å²) in [7, 11) is -0.581. The van der Waals surface area contributed by atoms with E-state index in [-0.39, 0.29) is 10.6 Å². The second-order valence-corrected chi connectivity index (χ2v) is 11.1. The number of hydrogen-bond donors (Lipinski definition) is 2. The van der Waals surface area contributed by atoms with Gasteiger partial charge in [-0.3, -0.25) is 10.1 Å². The first-order valence-electron chi connectivity index (χ1n) is 11.1. The Morgan fingerprint density at radius 2 is 1.71 bits per heavy atom. The van der Waals surface area contributed by atoms with E-state index in [1.54, 1.807) is 40.0 Å². The lowest BCUT2D eigenvalue weighted by atomic mass is 10.2. The van der Waals surface area contributed by atoms with Gasteiger partial charge < -0.3 is 19.4 Å². The first kappa shape index (κ1) is 25.6. The van der Waals surface area contributed by atoms with Gasteiger partial charge in [0.15, 0.2) is 0 Å². The first-order chi connectivity index (χ1) is 15.9. The number of nitrogens with zero attached hydrogens (tertiary/aromatic N) is 2. The van der Waals surface area contributed by atoms with Crippen LogP contribution in [0.25, 0.3) is 0 Å². The molecule has 1 aliphatic rings. The third-order valence-corrected chi connectivity index (χ3v) is 7.12. The maximum atomic E-state index is 13.0. The first-order valence-corrected chi connectivity index (χ1v) is 12.5. The zero-order valence-electron chi connectivity index (χ0n) is 20.2. The van der Waals surface area contributed by atoms with Gasteiger partial charge in [-0.25, -0.2) is 13.2 Å². The van der Waals surface area contributed by atoms with Gasteiger partial charge in [-0.1, -0.05) is 6.42 Å². The van der Waals surface area contributed by atoms with Gasteiger partial charge in [0.05, 0.1) is 12.8 Å². The van der Waals surface area contributed by atoms with E-state index in [2.05, 4.69) is 10.6 Å². The van der Waals surface area contributed by atoms with E-state index in [0.717, 1.165) is 19.3 Å². The molecule has 3 rings (SSSR count). The standard InChI is InChI=1S/C23H32N4O6S/c1-23(2,3)33-22(29)25-18-13-16(9-10-20(18)32-5)24-21(28)19-14-17(15-26(19)4)34(30,31)27-11-7-6-8-12-27/h9-10,13-15H,6-8,11-12H2,1-5H3,(H,24,28)(H,25,29). The van der Waals surface area contributed by atoms with Crippen molar-refractivity contribution in [3.8, 4) is 5.75 Å².